The number of hydrogen-bond acceptors (Lipinski definition) is 6. The quantitative estimate of drug-likeness (QED) is 0.928. The van der Waals surface area contributed by atoms with E-state index >= 15 is 0 Å². The van der Waals surface area contributed by atoms with Crippen LogP contribution >= 0.6 is 11.5 Å². The van der Waals surface area contributed by atoms with Crippen LogP contribution in [0.25, 0.3) is 0 Å². The topological polar surface area (TPSA) is 58.1 Å². The van der Waals surface area contributed by atoms with E-state index in [4.69, 9.17) is 0 Å². The minimum absolute atomic E-state index is 0.127. The van der Waals surface area contributed by atoms with E-state index in [9.17, 15) is 9.18 Å². The molecule has 1 fully saturated rings. The molecule has 7 heteroatoms. The fourth-order valence-electron chi connectivity index (χ4n) is 2.51. The Morgan fingerprint density at radius 3 is 2.95 bits per heavy atom. The van der Waals surface area contributed by atoms with Crippen molar-refractivity contribution in [2.75, 3.05) is 24.5 Å². The number of nitrogens with zero attached hydrogens (tertiary/aromatic N) is 3. The van der Waals surface area contributed by atoms with Gasteiger partial charge in [-0.1, -0.05) is 12.1 Å². The summed E-state index contributed by atoms with van der Waals surface area (Å²) in [7, 11) is 0. The monoisotopic (exact) mass is 320 g/mol. The first-order chi connectivity index (χ1) is 10.6. The van der Waals surface area contributed by atoms with Crippen molar-refractivity contribution in [1.82, 2.24) is 14.7 Å². The Labute approximate surface area is 132 Å². The van der Waals surface area contributed by atoms with E-state index < -0.39 is 0 Å². The Morgan fingerprint density at radius 1 is 1.45 bits per heavy atom. The van der Waals surface area contributed by atoms with Crippen LogP contribution in [0.15, 0.2) is 24.3 Å². The molecule has 1 unspecified atom stereocenters. The van der Waals surface area contributed by atoms with Crippen molar-refractivity contribution in [3.05, 3.63) is 41.5 Å². The number of rotatable bonds is 4. The van der Waals surface area contributed by atoms with Gasteiger partial charge in [0.1, 0.15) is 17.7 Å². The van der Waals surface area contributed by atoms with Crippen LogP contribution in [0.4, 0.5) is 9.52 Å². The number of ketones is 1. The summed E-state index contributed by atoms with van der Waals surface area (Å²) in [5.41, 5.74) is 0.967. The van der Waals surface area contributed by atoms with Gasteiger partial charge >= 0.3 is 0 Å². The lowest BCUT2D eigenvalue weighted by Crippen LogP contribution is -2.54. The highest BCUT2D eigenvalue weighted by atomic mass is 32.1. The van der Waals surface area contributed by atoms with Crippen molar-refractivity contribution in [3.63, 3.8) is 0 Å². The fraction of sp³-hybridized carbons (Fsp3) is 0.400. The second-order valence-electron chi connectivity index (χ2n) is 5.32. The van der Waals surface area contributed by atoms with Crippen LogP contribution in [0, 0.1) is 5.82 Å². The maximum Gasteiger partial charge on any atom is 0.205 e. The first kappa shape index (κ1) is 15.1. The lowest BCUT2D eigenvalue weighted by molar-refractivity contribution is -0.118. The van der Waals surface area contributed by atoms with Gasteiger partial charge in [-0.05, 0) is 24.6 Å². The summed E-state index contributed by atoms with van der Waals surface area (Å²) in [6, 6.07) is 6.16. The normalized spacial score (nSPS) is 18.5. The number of carbonyl (C=O) groups excluding carboxylic acids is 1. The predicted molar refractivity (Wildman–Crippen MR) is 83.8 cm³/mol. The van der Waals surface area contributed by atoms with Gasteiger partial charge < -0.3 is 10.2 Å². The molecule has 22 heavy (non-hydrogen) atoms. The molecule has 1 saturated heterocycles. The first-order valence-corrected chi connectivity index (χ1v) is 7.95. The fourth-order valence-corrected chi connectivity index (χ4v) is 3.28. The number of carbonyl (C=O) groups is 1. The zero-order valence-electron chi connectivity index (χ0n) is 12.3. The highest BCUT2D eigenvalue weighted by molar-refractivity contribution is 7.09. The molecule has 0 radical (unpaired) electrons. The molecule has 1 N–H and O–H groups in total. The molecule has 3 rings (SSSR count). The Balaban J connectivity index is 1.75. The Hall–Kier alpha value is -1.86. The van der Waals surface area contributed by atoms with Crippen molar-refractivity contribution in [2.45, 2.75) is 19.4 Å². The van der Waals surface area contributed by atoms with Crippen LogP contribution in [0.5, 0.6) is 0 Å². The summed E-state index contributed by atoms with van der Waals surface area (Å²) in [4.78, 5) is 18.3. The average Bonchev–Trinajstić information content (AvgIpc) is 2.98. The van der Waals surface area contributed by atoms with Crippen molar-refractivity contribution in [1.29, 1.82) is 0 Å². The maximum absolute atomic E-state index is 12.9. The molecule has 2 heterocycles. The van der Waals surface area contributed by atoms with Gasteiger partial charge in [-0.3, -0.25) is 4.79 Å². The number of nitrogens with one attached hydrogen (secondary N) is 1. The Kier molecular flexibility index (Phi) is 4.44. The molecular formula is C15H17FN4OS. The molecule has 0 bridgehead atoms. The lowest BCUT2D eigenvalue weighted by Gasteiger charge is -2.33. The van der Waals surface area contributed by atoms with E-state index in [1.54, 1.807) is 19.1 Å². The van der Waals surface area contributed by atoms with Crippen LogP contribution in [-0.2, 0) is 11.2 Å². The van der Waals surface area contributed by atoms with Crippen molar-refractivity contribution >= 4 is 22.4 Å². The van der Waals surface area contributed by atoms with E-state index in [-0.39, 0.29) is 17.6 Å². The third-order valence-corrected chi connectivity index (χ3v) is 4.48. The van der Waals surface area contributed by atoms with Crippen molar-refractivity contribution < 1.29 is 9.18 Å². The van der Waals surface area contributed by atoms with E-state index in [0.717, 1.165) is 23.8 Å². The first-order valence-electron chi connectivity index (χ1n) is 7.18. The van der Waals surface area contributed by atoms with E-state index in [1.807, 2.05) is 4.90 Å². The molecule has 0 spiro atoms. The second-order valence-corrected chi connectivity index (χ2v) is 6.05. The molecule has 1 aliphatic rings. The number of anilines is 1. The van der Waals surface area contributed by atoms with Crippen LogP contribution in [0.2, 0.25) is 0 Å². The summed E-state index contributed by atoms with van der Waals surface area (Å²) >= 11 is 1.31. The third kappa shape index (κ3) is 3.31. The van der Waals surface area contributed by atoms with Gasteiger partial charge in [0.05, 0.1) is 0 Å². The zero-order valence-corrected chi connectivity index (χ0v) is 13.1. The average molecular weight is 320 g/mol. The standard InChI is InChI=1S/C15H17FN4OS/c1-10(21)13-9-17-6-7-20(13)15-18-14(19-22-15)8-11-2-4-12(16)5-3-11/h2-5,13,17H,6-9H2,1H3. The zero-order chi connectivity index (χ0) is 15.5. The number of aromatic nitrogens is 2. The highest BCUT2D eigenvalue weighted by Crippen LogP contribution is 2.22. The lowest BCUT2D eigenvalue weighted by atomic mass is 10.1. The molecule has 116 valence electrons. The number of hydrogen-bond donors (Lipinski definition) is 1. The number of piperazine rings is 1. The minimum Gasteiger partial charge on any atom is -0.334 e. The van der Waals surface area contributed by atoms with Gasteiger partial charge in [0.2, 0.25) is 5.13 Å². The maximum atomic E-state index is 12.9. The molecule has 1 aromatic carbocycles. The summed E-state index contributed by atoms with van der Waals surface area (Å²) in [6.07, 6.45) is 0.563. The van der Waals surface area contributed by atoms with Crippen LogP contribution in [0.1, 0.15) is 18.3 Å². The highest BCUT2D eigenvalue weighted by Gasteiger charge is 2.28. The molecule has 1 aliphatic heterocycles. The molecule has 2 aromatic rings. The van der Waals surface area contributed by atoms with Crippen molar-refractivity contribution in [2.24, 2.45) is 0 Å². The molecule has 0 saturated carbocycles. The van der Waals surface area contributed by atoms with Gasteiger partial charge in [0, 0.05) is 37.6 Å². The molecule has 5 nitrogen and oxygen atoms in total. The Morgan fingerprint density at radius 2 is 2.23 bits per heavy atom. The van der Waals surface area contributed by atoms with Gasteiger partial charge in [-0.15, -0.1) is 0 Å². The molecule has 0 aliphatic carbocycles. The molecular weight excluding hydrogens is 303 g/mol. The number of benzene rings is 1. The van der Waals surface area contributed by atoms with Gasteiger partial charge in [0.15, 0.2) is 5.78 Å². The van der Waals surface area contributed by atoms with Gasteiger partial charge in [0.25, 0.3) is 0 Å². The van der Waals surface area contributed by atoms with E-state index in [2.05, 4.69) is 14.7 Å². The minimum atomic E-state index is -0.249. The molecule has 1 aromatic heterocycles. The summed E-state index contributed by atoms with van der Waals surface area (Å²) < 4.78 is 17.3. The van der Waals surface area contributed by atoms with Crippen molar-refractivity contribution in [3.8, 4) is 0 Å². The van der Waals surface area contributed by atoms with Crippen LogP contribution in [-0.4, -0.2) is 40.8 Å². The van der Waals surface area contributed by atoms with Crippen LogP contribution < -0.4 is 10.2 Å². The summed E-state index contributed by atoms with van der Waals surface area (Å²) in [6.45, 7) is 3.82. The number of halogens is 1. The largest absolute Gasteiger partial charge is 0.334 e. The molecule has 1 atom stereocenters. The predicted octanol–water partition coefficient (Wildman–Crippen LogP) is 1.64. The number of Topliss-reactive ketones (excluding diaryl/α,β-unsaturated/α-hetero) is 1. The van der Waals surface area contributed by atoms with Crippen LogP contribution in [0.3, 0.4) is 0 Å². The van der Waals surface area contributed by atoms with E-state index in [1.165, 1.54) is 23.7 Å². The smallest absolute Gasteiger partial charge is 0.205 e. The Bertz CT molecular complexity index is 658. The third-order valence-electron chi connectivity index (χ3n) is 3.69. The van der Waals surface area contributed by atoms with E-state index in [0.29, 0.717) is 18.8 Å². The molecule has 0 amide bonds. The summed E-state index contributed by atoms with van der Waals surface area (Å²) in [5, 5.41) is 4.00. The summed E-state index contributed by atoms with van der Waals surface area (Å²) in [5.74, 6) is 0.579. The second kappa shape index (κ2) is 6.50. The SMILES string of the molecule is CC(=O)C1CNCCN1c1nc(Cc2ccc(F)cc2)ns1. The van der Waals surface area contributed by atoms with Gasteiger partial charge in [-0.25, -0.2) is 9.37 Å². The van der Waals surface area contributed by atoms with Gasteiger partial charge in [-0.2, -0.15) is 4.37 Å².